The standard InChI is InChI=1S/C17H22N2O4/c20-17(13-6-8-15(9-7-13)19(21)22)23-12-14-4-3-11-18-10-2-1-5-16(14)18/h6-9,14,16H,1-5,10-12H2/t14-,16-/m0/s1. The zero-order valence-corrected chi connectivity index (χ0v) is 13.1. The maximum absolute atomic E-state index is 12.1. The minimum Gasteiger partial charge on any atom is -0.462 e. The maximum atomic E-state index is 12.1. The van der Waals surface area contributed by atoms with Gasteiger partial charge in [-0.3, -0.25) is 15.0 Å². The summed E-state index contributed by atoms with van der Waals surface area (Å²) in [6.07, 6.45) is 5.99. The maximum Gasteiger partial charge on any atom is 0.338 e. The Morgan fingerprint density at radius 3 is 2.65 bits per heavy atom. The first kappa shape index (κ1) is 15.9. The second-order valence-electron chi connectivity index (χ2n) is 6.40. The van der Waals surface area contributed by atoms with E-state index in [9.17, 15) is 14.9 Å². The highest BCUT2D eigenvalue weighted by molar-refractivity contribution is 5.89. The van der Waals surface area contributed by atoms with Gasteiger partial charge in [0.1, 0.15) is 0 Å². The molecule has 0 unspecified atom stereocenters. The summed E-state index contributed by atoms with van der Waals surface area (Å²) in [4.78, 5) is 24.8. The van der Waals surface area contributed by atoms with Crippen LogP contribution in [0.15, 0.2) is 24.3 Å². The SMILES string of the molecule is O=C(OC[C@@H]1CCCN2CCCC[C@@H]12)c1ccc([N+](=O)[O-])cc1. The van der Waals surface area contributed by atoms with E-state index >= 15 is 0 Å². The van der Waals surface area contributed by atoms with Crippen LogP contribution in [0.1, 0.15) is 42.5 Å². The van der Waals surface area contributed by atoms with Gasteiger partial charge in [0, 0.05) is 24.1 Å². The first-order valence-corrected chi connectivity index (χ1v) is 8.31. The van der Waals surface area contributed by atoms with Gasteiger partial charge in [-0.05, 0) is 50.9 Å². The highest BCUT2D eigenvalue weighted by Gasteiger charge is 2.33. The second-order valence-corrected chi connectivity index (χ2v) is 6.40. The van der Waals surface area contributed by atoms with Crippen molar-refractivity contribution < 1.29 is 14.5 Å². The predicted molar refractivity (Wildman–Crippen MR) is 85.3 cm³/mol. The Morgan fingerprint density at radius 1 is 1.17 bits per heavy atom. The lowest BCUT2D eigenvalue weighted by molar-refractivity contribution is -0.384. The number of hydrogen-bond acceptors (Lipinski definition) is 5. The van der Waals surface area contributed by atoms with E-state index in [1.54, 1.807) is 0 Å². The molecule has 0 aliphatic carbocycles. The minimum atomic E-state index is -0.477. The zero-order chi connectivity index (χ0) is 16.2. The Bertz CT molecular complexity index is 570. The van der Waals surface area contributed by atoms with Crippen LogP contribution < -0.4 is 0 Å². The molecule has 2 aliphatic heterocycles. The first-order chi connectivity index (χ1) is 11.1. The molecule has 0 N–H and O–H groups in total. The fraction of sp³-hybridized carbons (Fsp3) is 0.588. The number of fused-ring (bicyclic) bond motifs is 1. The average molecular weight is 318 g/mol. The summed E-state index contributed by atoms with van der Waals surface area (Å²) in [6.45, 7) is 2.77. The Hall–Kier alpha value is -1.95. The van der Waals surface area contributed by atoms with Crippen LogP contribution in [0.3, 0.4) is 0 Å². The van der Waals surface area contributed by atoms with Gasteiger partial charge in [0.25, 0.3) is 5.69 Å². The Kier molecular flexibility index (Phi) is 4.91. The summed E-state index contributed by atoms with van der Waals surface area (Å²) in [5.74, 6) is 0.0129. The molecule has 6 heteroatoms. The number of piperidine rings is 2. The average Bonchev–Trinajstić information content (AvgIpc) is 2.59. The third-order valence-electron chi connectivity index (χ3n) is 4.97. The van der Waals surface area contributed by atoms with Crippen molar-refractivity contribution in [3.63, 3.8) is 0 Å². The van der Waals surface area contributed by atoms with Crippen molar-refractivity contribution in [1.82, 2.24) is 4.90 Å². The monoisotopic (exact) mass is 318 g/mol. The second kappa shape index (κ2) is 7.08. The van der Waals surface area contributed by atoms with Crippen molar-refractivity contribution in [3.8, 4) is 0 Å². The summed E-state index contributed by atoms with van der Waals surface area (Å²) >= 11 is 0. The van der Waals surface area contributed by atoms with E-state index in [4.69, 9.17) is 4.74 Å². The molecule has 0 saturated carbocycles. The molecule has 2 fully saturated rings. The molecule has 0 radical (unpaired) electrons. The molecule has 23 heavy (non-hydrogen) atoms. The summed E-state index contributed by atoms with van der Waals surface area (Å²) in [7, 11) is 0. The van der Waals surface area contributed by atoms with Gasteiger partial charge in [-0.2, -0.15) is 0 Å². The molecule has 0 amide bonds. The quantitative estimate of drug-likeness (QED) is 0.485. The summed E-state index contributed by atoms with van der Waals surface area (Å²) in [5.41, 5.74) is 0.346. The van der Waals surface area contributed by atoms with Crippen LogP contribution in [0.4, 0.5) is 5.69 Å². The highest BCUT2D eigenvalue weighted by atomic mass is 16.6. The minimum absolute atomic E-state index is 0.0216. The lowest BCUT2D eigenvalue weighted by Gasteiger charge is -2.44. The van der Waals surface area contributed by atoms with E-state index < -0.39 is 10.9 Å². The number of rotatable bonds is 4. The Balaban J connectivity index is 1.56. The van der Waals surface area contributed by atoms with E-state index in [0.29, 0.717) is 24.1 Å². The molecule has 0 bridgehead atoms. The van der Waals surface area contributed by atoms with Crippen LogP contribution in [0.25, 0.3) is 0 Å². The van der Waals surface area contributed by atoms with Gasteiger partial charge in [-0.15, -0.1) is 0 Å². The fourth-order valence-electron chi connectivity index (χ4n) is 3.76. The molecular weight excluding hydrogens is 296 g/mol. The van der Waals surface area contributed by atoms with Crippen LogP contribution in [0, 0.1) is 16.0 Å². The van der Waals surface area contributed by atoms with Gasteiger partial charge in [0.2, 0.25) is 0 Å². The molecular formula is C17H22N2O4. The Labute approximate surface area is 135 Å². The number of esters is 1. The third kappa shape index (κ3) is 3.69. The van der Waals surface area contributed by atoms with Crippen LogP contribution >= 0.6 is 0 Å². The number of benzene rings is 1. The lowest BCUT2D eigenvalue weighted by Crippen LogP contribution is -2.49. The number of nitrogens with zero attached hydrogens (tertiary/aromatic N) is 2. The lowest BCUT2D eigenvalue weighted by atomic mass is 9.84. The highest BCUT2D eigenvalue weighted by Crippen LogP contribution is 2.31. The number of carbonyl (C=O) groups is 1. The molecule has 6 nitrogen and oxygen atoms in total. The summed E-state index contributed by atoms with van der Waals surface area (Å²) < 4.78 is 5.48. The van der Waals surface area contributed by atoms with E-state index in [1.165, 1.54) is 43.5 Å². The normalized spacial score (nSPS) is 24.7. The van der Waals surface area contributed by atoms with Crippen LogP contribution in [-0.4, -0.2) is 41.5 Å². The van der Waals surface area contributed by atoms with Gasteiger partial charge in [-0.1, -0.05) is 6.42 Å². The van der Waals surface area contributed by atoms with Crippen molar-refractivity contribution >= 4 is 11.7 Å². The number of non-ortho nitro benzene ring substituents is 1. The number of hydrogen-bond donors (Lipinski definition) is 0. The molecule has 1 aromatic rings. The molecule has 2 atom stereocenters. The van der Waals surface area contributed by atoms with Crippen molar-refractivity contribution in [2.45, 2.75) is 38.1 Å². The number of ether oxygens (including phenoxy) is 1. The number of nitro benzene ring substituents is 1. The number of nitro groups is 1. The molecule has 124 valence electrons. The van der Waals surface area contributed by atoms with E-state index in [-0.39, 0.29) is 5.69 Å². The third-order valence-corrected chi connectivity index (χ3v) is 4.97. The van der Waals surface area contributed by atoms with Crippen LogP contribution in [0.2, 0.25) is 0 Å². The summed E-state index contributed by atoms with van der Waals surface area (Å²) in [6, 6.07) is 6.12. The van der Waals surface area contributed by atoms with E-state index in [1.807, 2.05) is 0 Å². The van der Waals surface area contributed by atoms with Gasteiger partial charge in [0.15, 0.2) is 0 Å². The number of carbonyl (C=O) groups excluding carboxylic acids is 1. The predicted octanol–water partition coefficient (Wildman–Crippen LogP) is 3.02. The van der Waals surface area contributed by atoms with Crippen LogP contribution in [0.5, 0.6) is 0 Å². The molecule has 1 aromatic carbocycles. The smallest absolute Gasteiger partial charge is 0.338 e. The summed E-state index contributed by atoms with van der Waals surface area (Å²) in [5, 5.41) is 10.6. The molecule has 0 spiro atoms. The molecule has 2 saturated heterocycles. The van der Waals surface area contributed by atoms with Crippen molar-refractivity contribution in [2.75, 3.05) is 19.7 Å². The molecule has 0 aromatic heterocycles. The van der Waals surface area contributed by atoms with Crippen molar-refractivity contribution in [3.05, 3.63) is 39.9 Å². The molecule has 2 aliphatic rings. The van der Waals surface area contributed by atoms with E-state index in [2.05, 4.69) is 4.90 Å². The van der Waals surface area contributed by atoms with Crippen molar-refractivity contribution in [2.24, 2.45) is 5.92 Å². The molecule has 2 heterocycles. The van der Waals surface area contributed by atoms with Crippen LogP contribution in [-0.2, 0) is 4.74 Å². The van der Waals surface area contributed by atoms with Gasteiger partial charge in [0.05, 0.1) is 17.1 Å². The van der Waals surface area contributed by atoms with E-state index in [0.717, 1.165) is 25.9 Å². The van der Waals surface area contributed by atoms with Gasteiger partial charge < -0.3 is 4.74 Å². The van der Waals surface area contributed by atoms with Crippen molar-refractivity contribution in [1.29, 1.82) is 0 Å². The fourth-order valence-corrected chi connectivity index (χ4v) is 3.76. The van der Waals surface area contributed by atoms with Gasteiger partial charge >= 0.3 is 5.97 Å². The molecule has 3 rings (SSSR count). The first-order valence-electron chi connectivity index (χ1n) is 8.31. The largest absolute Gasteiger partial charge is 0.462 e. The van der Waals surface area contributed by atoms with Gasteiger partial charge in [-0.25, -0.2) is 4.79 Å². The topological polar surface area (TPSA) is 72.7 Å². The zero-order valence-electron chi connectivity index (χ0n) is 13.1. The Morgan fingerprint density at radius 2 is 1.91 bits per heavy atom.